The SMILES string of the molecule is SC[C@@H](S)COCc1ccccc1. The van der Waals surface area contributed by atoms with Crippen LogP contribution in [0.2, 0.25) is 0 Å². The normalized spacial score (nSPS) is 12.8. The summed E-state index contributed by atoms with van der Waals surface area (Å²) in [5.41, 5.74) is 1.20. The van der Waals surface area contributed by atoms with E-state index in [4.69, 9.17) is 4.74 Å². The third kappa shape index (κ3) is 4.60. The van der Waals surface area contributed by atoms with Crippen molar-refractivity contribution >= 4 is 25.3 Å². The van der Waals surface area contributed by atoms with Crippen molar-refractivity contribution in [2.24, 2.45) is 0 Å². The molecule has 0 aliphatic carbocycles. The Bertz CT molecular complexity index is 226. The molecule has 13 heavy (non-hydrogen) atoms. The zero-order chi connectivity index (χ0) is 9.52. The van der Waals surface area contributed by atoms with Gasteiger partial charge in [0.05, 0.1) is 13.2 Å². The maximum atomic E-state index is 5.45. The van der Waals surface area contributed by atoms with Crippen molar-refractivity contribution in [3.8, 4) is 0 Å². The molecule has 3 heteroatoms. The largest absolute Gasteiger partial charge is 0.376 e. The van der Waals surface area contributed by atoms with Crippen LogP contribution in [0.15, 0.2) is 30.3 Å². The number of rotatable bonds is 5. The Hall–Kier alpha value is -0.120. The highest BCUT2D eigenvalue weighted by atomic mass is 32.1. The van der Waals surface area contributed by atoms with Crippen molar-refractivity contribution in [2.75, 3.05) is 12.4 Å². The topological polar surface area (TPSA) is 9.23 Å². The first kappa shape index (κ1) is 11.0. The van der Waals surface area contributed by atoms with Crippen LogP contribution in [0.25, 0.3) is 0 Å². The molecule has 0 fully saturated rings. The Morgan fingerprint density at radius 2 is 1.92 bits per heavy atom. The van der Waals surface area contributed by atoms with Crippen molar-refractivity contribution < 1.29 is 4.74 Å². The molecule has 0 bridgehead atoms. The Labute approximate surface area is 90.3 Å². The lowest BCUT2D eigenvalue weighted by Crippen LogP contribution is -2.10. The number of hydrogen-bond donors (Lipinski definition) is 2. The van der Waals surface area contributed by atoms with E-state index in [0.29, 0.717) is 13.2 Å². The fraction of sp³-hybridized carbons (Fsp3) is 0.400. The molecule has 0 aromatic heterocycles. The molecule has 72 valence electrons. The summed E-state index contributed by atoms with van der Waals surface area (Å²) in [6.07, 6.45) is 0. The molecule has 1 aromatic rings. The van der Waals surface area contributed by atoms with Gasteiger partial charge in [-0.3, -0.25) is 0 Å². The maximum absolute atomic E-state index is 5.45. The summed E-state index contributed by atoms with van der Waals surface area (Å²) in [7, 11) is 0. The highest BCUT2D eigenvalue weighted by Crippen LogP contribution is 2.03. The van der Waals surface area contributed by atoms with Crippen LogP contribution in [0.1, 0.15) is 5.56 Å². The van der Waals surface area contributed by atoms with Gasteiger partial charge >= 0.3 is 0 Å². The molecular formula is C10H14OS2. The fourth-order valence-corrected chi connectivity index (χ4v) is 1.15. The molecule has 0 unspecified atom stereocenters. The van der Waals surface area contributed by atoms with Gasteiger partial charge in [-0.15, -0.1) is 0 Å². The highest BCUT2D eigenvalue weighted by Gasteiger charge is 1.99. The van der Waals surface area contributed by atoms with Gasteiger partial charge in [-0.1, -0.05) is 30.3 Å². The summed E-state index contributed by atoms with van der Waals surface area (Å²) < 4.78 is 5.45. The van der Waals surface area contributed by atoms with E-state index in [1.807, 2.05) is 30.3 Å². The lowest BCUT2D eigenvalue weighted by molar-refractivity contribution is 0.125. The second kappa shape index (κ2) is 6.35. The Morgan fingerprint density at radius 3 is 2.54 bits per heavy atom. The van der Waals surface area contributed by atoms with Crippen LogP contribution in [0.4, 0.5) is 0 Å². The average molecular weight is 214 g/mol. The van der Waals surface area contributed by atoms with E-state index < -0.39 is 0 Å². The van der Waals surface area contributed by atoms with Gasteiger partial charge < -0.3 is 4.74 Å². The third-order valence-electron chi connectivity index (χ3n) is 1.63. The zero-order valence-electron chi connectivity index (χ0n) is 7.39. The molecule has 0 aliphatic heterocycles. The number of benzene rings is 1. The van der Waals surface area contributed by atoms with Crippen molar-refractivity contribution in [1.29, 1.82) is 0 Å². The molecular weight excluding hydrogens is 200 g/mol. The summed E-state index contributed by atoms with van der Waals surface area (Å²) in [5, 5.41) is 0.229. The van der Waals surface area contributed by atoms with Gasteiger partial charge in [0.25, 0.3) is 0 Å². The van der Waals surface area contributed by atoms with E-state index in [1.54, 1.807) is 0 Å². The van der Waals surface area contributed by atoms with Crippen molar-refractivity contribution in [3.05, 3.63) is 35.9 Å². The standard InChI is InChI=1S/C10H14OS2/c12-8-10(13)7-11-6-9-4-2-1-3-5-9/h1-5,10,12-13H,6-8H2/t10-/m0/s1. The van der Waals surface area contributed by atoms with Crippen LogP contribution in [-0.4, -0.2) is 17.6 Å². The predicted octanol–water partition coefficient (Wildman–Crippen LogP) is 2.43. The molecule has 0 radical (unpaired) electrons. The van der Waals surface area contributed by atoms with E-state index >= 15 is 0 Å². The first-order valence-electron chi connectivity index (χ1n) is 4.23. The van der Waals surface area contributed by atoms with Gasteiger partial charge in [-0.25, -0.2) is 0 Å². The summed E-state index contributed by atoms with van der Waals surface area (Å²) >= 11 is 8.39. The minimum absolute atomic E-state index is 0.229. The van der Waals surface area contributed by atoms with E-state index in [9.17, 15) is 0 Å². The molecule has 1 aromatic carbocycles. The first-order valence-corrected chi connectivity index (χ1v) is 5.38. The molecule has 1 atom stereocenters. The lowest BCUT2D eigenvalue weighted by atomic mass is 10.2. The second-order valence-electron chi connectivity index (χ2n) is 2.84. The molecule has 0 amide bonds. The smallest absolute Gasteiger partial charge is 0.0717 e. The molecule has 0 spiro atoms. The second-order valence-corrected chi connectivity index (χ2v) is 3.93. The fourth-order valence-electron chi connectivity index (χ4n) is 0.940. The zero-order valence-corrected chi connectivity index (χ0v) is 9.18. The molecule has 0 aliphatic rings. The van der Waals surface area contributed by atoms with Crippen LogP contribution >= 0.6 is 25.3 Å². The Morgan fingerprint density at radius 1 is 1.23 bits per heavy atom. The Balaban J connectivity index is 2.20. The molecule has 0 saturated heterocycles. The van der Waals surface area contributed by atoms with Crippen LogP contribution < -0.4 is 0 Å². The monoisotopic (exact) mass is 214 g/mol. The highest BCUT2D eigenvalue weighted by molar-refractivity contribution is 7.84. The van der Waals surface area contributed by atoms with Crippen molar-refractivity contribution in [1.82, 2.24) is 0 Å². The molecule has 1 nitrogen and oxygen atoms in total. The van der Waals surface area contributed by atoms with Gasteiger partial charge in [-0.2, -0.15) is 25.3 Å². The quantitative estimate of drug-likeness (QED) is 0.716. The van der Waals surface area contributed by atoms with Crippen molar-refractivity contribution in [2.45, 2.75) is 11.9 Å². The Kier molecular flexibility index (Phi) is 5.35. The first-order chi connectivity index (χ1) is 6.33. The number of thiol groups is 2. The minimum Gasteiger partial charge on any atom is -0.376 e. The minimum atomic E-state index is 0.229. The molecule has 1 rings (SSSR count). The van der Waals surface area contributed by atoms with Gasteiger partial charge in [0.15, 0.2) is 0 Å². The molecule has 0 heterocycles. The molecule has 0 N–H and O–H groups in total. The number of hydrogen-bond acceptors (Lipinski definition) is 3. The maximum Gasteiger partial charge on any atom is 0.0717 e. The van der Waals surface area contributed by atoms with Gasteiger partial charge in [0.2, 0.25) is 0 Å². The summed E-state index contributed by atoms with van der Waals surface area (Å²) in [6.45, 7) is 1.31. The van der Waals surface area contributed by atoms with E-state index in [2.05, 4.69) is 25.3 Å². The summed E-state index contributed by atoms with van der Waals surface area (Å²) in [4.78, 5) is 0. The van der Waals surface area contributed by atoms with Gasteiger partial charge in [0.1, 0.15) is 0 Å². The number of ether oxygens (including phenoxy) is 1. The van der Waals surface area contributed by atoms with Crippen LogP contribution in [0.3, 0.4) is 0 Å². The van der Waals surface area contributed by atoms with E-state index in [1.165, 1.54) is 5.56 Å². The summed E-state index contributed by atoms with van der Waals surface area (Å²) in [6, 6.07) is 10.1. The lowest BCUT2D eigenvalue weighted by Gasteiger charge is -2.08. The van der Waals surface area contributed by atoms with E-state index in [0.717, 1.165) is 5.75 Å². The van der Waals surface area contributed by atoms with Gasteiger partial charge in [0, 0.05) is 11.0 Å². The third-order valence-corrected chi connectivity index (χ3v) is 2.69. The van der Waals surface area contributed by atoms with E-state index in [-0.39, 0.29) is 5.25 Å². The van der Waals surface area contributed by atoms with Crippen LogP contribution in [0.5, 0.6) is 0 Å². The molecule has 0 saturated carbocycles. The van der Waals surface area contributed by atoms with Gasteiger partial charge in [-0.05, 0) is 5.56 Å². The summed E-state index contributed by atoms with van der Waals surface area (Å²) in [5.74, 6) is 0.748. The van der Waals surface area contributed by atoms with Crippen LogP contribution in [0, 0.1) is 0 Å². The average Bonchev–Trinajstić information content (AvgIpc) is 2.19. The predicted molar refractivity (Wildman–Crippen MR) is 62.7 cm³/mol. The van der Waals surface area contributed by atoms with Crippen molar-refractivity contribution in [3.63, 3.8) is 0 Å². The van der Waals surface area contributed by atoms with Crippen LogP contribution in [-0.2, 0) is 11.3 Å².